The SMILES string of the molecule is CN1CCNCC1c1noc(CCC2CCCCO2)n1. The van der Waals surface area contributed by atoms with Crippen molar-refractivity contribution >= 4 is 0 Å². The smallest absolute Gasteiger partial charge is 0.226 e. The third-order valence-electron chi connectivity index (χ3n) is 4.25. The van der Waals surface area contributed by atoms with E-state index >= 15 is 0 Å². The van der Waals surface area contributed by atoms with Crippen molar-refractivity contribution in [3.05, 3.63) is 11.7 Å². The number of rotatable bonds is 4. The Balaban J connectivity index is 1.53. The molecule has 2 unspecified atom stereocenters. The first-order chi connectivity index (χ1) is 9.83. The highest BCUT2D eigenvalue weighted by molar-refractivity contribution is 4.98. The quantitative estimate of drug-likeness (QED) is 0.892. The molecule has 2 fully saturated rings. The predicted octanol–water partition coefficient (Wildman–Crippen LogP) is 1.15. The Labute approximate surface area is 119 Å². The number of likely N-dealkylation sites (N-methyl/N-ethyl adjacent to an activating group) is 1. The molecular formula is C14H24N4O2. The van der Waals surface area contributed by atoms with Crippen molar-refractivity contribution < 1.29 is 9.26 Å². The van der Waals surface area contributed by atoms with Gasteiger partial charge in [0, 0.05) is 32.7 Å². The van der Waals surface area contributed by atoms with Gasteiger partial charge in [-0.3, -0.25) is 4.90 Å². The highest BCUT2D eigenvalue weighted by Gasteiger charge is 2.25. The zero-order valence-corrected chi connectivity index (χ0v) is 12.2. The van der Waals surface area contributed by atoms with Gasteiger partial charge >= 0.3 is 0 Å². The number of hydrogen-bond donors (Lipinski definition) is 1. The number of ether oxygens (including phenoxy) is 1. The molecule has 0 amide bonds. The Morgan fingerprint density at radius 2 is 2.35 bits per heavy atom. The van der Waals surface area contributed by atoms with Gasteiger partial charge in [0.2, 0.25) is 5.89 Å². The average Bonchev–Trinajstić information content (AvgIpc) is 2.95. The van der Waals surface area contributed by atoms with Crippen LogP contribution in [-0.2, 0) is 11.2 Å². The van der Waals surface area contributed by atoms with Gasteiger partial charge < -0.3 is 14.6 Å². The topological polar surface area (TPSA) is 63.4 Å². The monoisotopic (exact) mass is 280 g/mol. The van der Waals surface area contributed by atoms with Gasteiger partial charge in [-0.25, -0.2) is 0 Å². The summed E-state index contributed by atoms with van der Waals surface area (Å²) in [6, 6.07) is 0.229. The molecule has 20 heavy (non-hydrogen) atoms. The van der Waals surface area contributed by atoms with Crippen molar-refractivity contribution in [1.82, 2.24) is 20.4 Å². The molecule has 6 nitrogen and oxygen atoms in total. The van der Waals surface area contributed by atoms with Crippen LogP contribution in [0.5, 0.6) is 0 Å². The lowest BCUT2D eigenvalue weighted by atomic mass is 10.0. The second-order valence-electron chi connectivity index (χ2n) is 5.77. The van der Waals surface area contributed by atoms with E-state index in [1.807, 2.05) is 0 Å². The lowest BCUT2D eigenvalue weighted by Gasteiger charge is -2.30. The van der Waals surface area contributed by atoms with Gasteiger partial charge in [-0.1, -0.05) is 5.16 Å². The molecule has 0 bridgehead atoms. The lowest BCUT2D eigenvalue weighted by molar-refractivity contribution is 0.0104. The number of nitrogens with one attached hydrogen (secondary N) is 1. The predicted molar refractivity (Wildman–Crippen MR) is 74.5 cm³/mol. The minimum atomic E-state index is 0.229. The molecular weight excluding hydrogens is 256 g/mol. The van der Waals surface area contributed by atoms with Crippen LogP contribution < -0.4 is 5.32 Å². The fraction of sp³-hybridized carbons (Fsp3) is 0.857. The number of aryl methyl sites for hydroxylation is 1. The minimum Gasteiger partial charge on any atom is -0.378 e. The van der Waals surface area contributed by atoms with Crippen LogP contribution in [0.15, 0.2) is 4.52 Å². The van der Waals surface area contributed by atoms with Gasteiger partial charge in [0.25, 0.3) is 0 Å². The second-order valence-corrected chi connectivity index (χ2v) is 5.77. The summed E-state index contributed by atoms with van der Waals surface area (Å²) in [5, 5.41) is 7.52. The summed E-state index contributed by atoms with van der Waals surface area (Å²) in [4.78, 5) is 6.83. The summed E-state index contributed by atoms with van der Waals surface area (Å²) in [6.45, 7) is 3.83. The molecule has 0 radical (unpaired) electrons. The zero-order valence-electron chi connectivity index (χ0n) is 12.2. The molecule has 2 atom stereocenters. The van der Waals surface area contributed by atoms with E-state index in [9.17, 15) is 0 Å². The maximum Gasteiger partial charge on any atom is 0.226 e. The molecule has 2 aliphatic heterocycles. The zero-order chi connectivity index (χ0) is 13.8. The number of piperazine rings is 1. The molecule has 0 spiro atoms. The minimum absolute atomic E-state index is 0.229. The van der Waals surface area contributed by atoms with E-state index < -0.39 is 0 Å². The molecule has 0 aliphatic carbocycles. The molecule has 2 saturated heterocycles. The van der Waals surface area contributed by atoms with Crippen LogP contribution in [0.3, 0.4) is 0 Å². The normalized spacial score (nSPS) is 28.6. The van der Waals surface area contributed by atoms with Gasteiger partial charge in [-0.05, 0) is 32.7 Å². The van der Waals surface area contributed by atoms with Crippen molar-refractivity contribution in [2.45, 2.75) is 44.2 Å². The van der Waals surface area contributed by atoms with Crippen molar-refractivity contribution in [2.75, 3.05) is 33.3 Å². The number of nitrogens with zero attached hydrogens (tertiary/aromatic N) is 3. The molecule has 1 N–H and O–H groups in total. The van der Waals surface area contributed by atoms with Gasteiger partial charge in [0.15, 0.2) is 5.82 Å². The summed E-state index contributed by atoms with van der Waals surface area (Å²) in [5.74, 6) is 1.55. The summed E-state index contributed by atoms with van der Waals surface area (Å²) >= 11 is 0. The first-order valence-electron chi connectivity index (χ1n) is 7.68. The van der Waals surface area contributed by atoms with Crippen molar-refractivity contribution in [2.24, 2.45) is 0 Å². The van der Waals surface area contributed by atoms with E-state index in [1.165, 1.54) is 12.8 Å². The van der Waals surface area contributed by atoms with Crippen LogP contribution in [0.25, 0.3) is 0 Å². The highest BCUT2D eigenvalue weighted by atomic mass is 16.5. The molecule has 0 saturated carbocycles. The average molecular weight is 280 g/mol. The maximum atomic E-state index is 5.73. The van der Waals surface area contributed by atoms with Crippen LogP contribution in [-0.4, -0.2) is 54.4 Å². The molecule has 2 aliphatic rings. The van der Waals surface area contributed by atoms with Gasteiger partial charge in [-0.2, -0.15) is 4.98 Å². The summed E-state index contributed by atoms with van der Waals surface area (Å²) < 4.78 is 11.1. The van der Waals surface area contributed by atoms with E-state index in [-0.39, 0.29) is 6.04 Å². The molecule has 1 aromatic heterocycles. The van der Waals surface area contributed by atoms with Crippen LogP contribution in [0.1, 0.15) is 43.4 Å². The Kier molecular flexibility index (Phi) is 4.65. The van der Waals surface area contributed by atoms with Gasteiger partial charge in [0.1, 0.15) is 0 Å². The molecule has 112 valence electrons. The molecule has 3 heterocycles. The molecule has 0 aromatic carbocycles. The third kappa shape index (κ3) is 3.37. The Morgan fingerprint density at radius 1 is 1.40 bits per heavy atom. The second kappa shape index (κ2) is 6.65. The largest absolute Gasteiger partial charge is 0.378 e. The summed E-state index contributed by atoms with van der Waals surface area (Å²) in [6.07, 6.45) is 5.82. The summed E-state index contributed by atoms with van der Waals surface area (Å²) in [7, 11) is 2.11. The van der Waals surface area contributed by atoms with E-state index in [0.29, 0.717) is 6.10 Å². The van der Waals surface area contributed by atoms with Crippen LogP contribution in [0, 0.1) is 0 Å². The fourth-order valence-electron chi connectivity index (χ4n) is 2.92. The third-order valence-corrected chi connectivity index (χ3v) is 4.25. The molecule has 1 aromatic rings. The maximum absolute atomic E-state index is 5.73. The first-order valence-corrected chi connectivity index (χ1v) is 7.68. The van der Waals surface area contributed by atoms with E-state index in [1.54, 1.807) is 0 Å². The van der Waals surface area contributed by atoms with Crippen LogP contribution >= 0.6 is 0 Å². The van der Waals surface area contributed by atoms with Crippen LogP contribution in [0.4, 0.5) is 0 Å². The number of hydrogen-bond acceptors (Lipinski definition) is 6. The van der Waals surface area contributed by atoms with E-state index in [4.69, 9.17) is 9.26 Å². The highest BCUT2D eigenvalue weighted by Crippen LogP contribution is 2.20. The summed E-state index contributed by atoms with van der Waals surface area (Å²) in [5.41, 5.74) is 0. The number of aromatic nitrogens is 2. The van der Waals surface area contributed by atoms with Crippen LogP contribution in [0.2, 0.25) is 0 Å². The standard InChI is InChI=1S/C14H24N4O2/c1-18-8-7-15-10-12(18)14-16-13(20-17-14)6-5-11-4-2-3-9-19-11/h11-12,15H,2-10H2,1H3. The Bertz CT molecular complexity index is 417. The fourth-order valence-corrected chi connectivity index (χ4v) is 2.92. The van der Waals surface area contributed by atoms with Gasteiger partial charge in [-0.15, -0.1) is 0 Å². The first kappa shape index (κ1) is 14.0. The van der Waals surface area contributed by atoms with Crippen molar-refractivity contribution in [1.29, 1.82) is 0 Å². The Morgan fingerprint density at radius 3 is 3.15 bits per heavy atom. The van der Waals surface area contributed by atoms with E-state index in [2.05, 4.69) is 27.4 Å². The van der Waals surface area contributed by atoms with E-state index in [0.717, 1.165) is 57.2 Å². The Hall–Kier alpha value is -0.980. The lowest BCUT2D eigenvalue weighted by Crippen LogP contribution is -2.44. The van der Waals surface area contributed by atoms with Gasteiger partial charge in [0.05, 0.1) is 12.1 Å². The van der Waals surface area contributed by atoms with Crippen molar-refractivity contribution in [3.8, 4) is 0 Å². The van der Waals surface area contributed by atoms with Crippen molar-refractivity contribution in [3.63, 3.8) is 0 Å². The molecule has 3 rings (SSSR count). The molecule has 6 heteroatoms.